The fourth-order valence-electron chi connectivity index (χ4n) is 7.11. The van der Waals surface area contributed by atoms with Crippen LogP contribution in [0.2, 0.25) is 0 Å². The molecule has 0 bridgehead atoms. The van der Waals surface area contributed by atoms with Crippen molar-refractivity contribution < 1.29 is 19.2 Å². The molecule has 11 nitrogen and oxygen atoms in total. The van der Waals surface area contributed by atoms with Crippen molar-refractivity contribution in [1.82, 2.24) is 30.1 Å². The van der Waals surface area contributed by atoms with Crippen molar-refractivity contribution in [2.75, 3.05) is 51.1 Å². The highest BCUT2D eigenvalue weighted by Crippen LogP contribution is 2.42. The number of thiophene rings is 1. The zero-order valence-corrected chi connectivity index (χ0v) is 25.6. The normalized spacial score (nSPS) is 21.6. The summed E-state index contributed by atoms with van der Waals surface area (Å²) in [5, 5.41) is 10.4. The number of fused-ring (bicyclic) bond motifs is 2. The van der Waals surface area contributed by atoms with Gasteiger partial charge in [0.05, 0.1) is 5.56 Å². The first-order valence-electron chi connectivity index (χ1n) is 15.4. The molecule has 6 rings (SSSR count). The van der Waals surface area contributed by atoms with Gasteiger partial charge in [-0.15, -0.1) is 0 Å². The first-order valence-corrected chi connectivity index (χ1v) is 16.2. The Kier molecular flexibility index (Phi) is 7.86. The van der Waals surface area contributed by atoms with Gasteiger partial charge in [0.15, 0.2) is 0 Å². The zero-order valence-electron chi connectivity index (χ0n) is 24.8. The second-order valence-electron chi connectivity index (χ2n) is 12.1. The van der Waals surface area contributed by atoms with Crippen molar-refractivity contribution >= 4 is 50.3 Å². The summed E-state index contributed by atoms with van der Waals surface area (Å²) in [6.07, 6.45) is 5.91. The van der Waals surface area contributed by atoms with E-state index < -0.39 is 5.41 Å². The fraction of sp³-hybridized carbons (Fsp3) is 0.633. The second kappa shape index (κ2) is 11.4. The Labute approximate surface area is 250 Å². The smallest absolute Gasteiger partial charge is 0.319 e. The van der Waals surface area contributed by atoms with E-state index in [9.17, 15) is 19.2 Å². The van der Waals surface area contributed by atoms with Crippen LogP contribution in [-0.2, 0) is 9.59 Å². The molecular weight excluding hydrogens is 554 g/mol. The van der Waals surface area contributed by atoms with Gasteiger partial charge in [-0.25, -0.2) is 9.78 Å². The largest absolute Gasteiger partial charge is 0.338 e. The predicted octanol–water partition coefficient (Wildman–Crippen LogP) is 3.51. The maximum atomic E-state index is 14.0. The number of hydrogen-bond donors (Lipinski definition) is 2. The first-order chi connectivity index (χ1) is 20.2. The van der Waals surface area contributed by atoms with E-state index in [1.54, 1.807) is 10.0 Å². The number of hydrazine groups is 1. The van der Waals surface area contributed by atoms with Gasteiger partial charge in [0, 0.05) is 56.4 Å². The summed E-state index contributed by atoms with van der Waals surface area (Å²) >= 11 is 1.33. The van der Waals surface area contributed by atoms with E-state index in [-0.39, 0.29) is 29.8 Å². The van der Waals surface area contributed by atoms with Crippen molar-refractivity contribution in [1.29, 1.82) is 0 Å². The van der Waals surface area contributed by atoms with Crippen molar-refractivity contribution in [3.05, 3.63) is 22.9 Å². The molecule has 2 N–H and O–H groups in total. The van der Waals surface area contributed by atoms with Gasteiger partial charge < -0.3 is 10.2 Å². The molecule has 0 unspecified atom stereocenters. The third-order valence-electron chi connectivity index (χ3n) is 9.51. The van der Waals surface area contributed by atoms with E-state index in [1.807, 2.05) is 31.7 Å². The molecule has 0 radical (unpaired) electrons. The summed E-state index contributed by atoms with van der Waals surface area (Å²) in [5.74, 6) is -0.127. The highest BCUT2D eigenvalue weighted by Gasteiger charge is 2.60. The molecule has 4 aliphatic heterocycles. The molecule has 0 aliphatic carbocycles. The monoisotopic (exact) mass is 595 g/mol. The number of urea groups is 1. The lowest BCUT2D eigenvalue weighted by Crippen LogP contribution is -2.56. The number of likely N-dealkylation sites (tertiary alicyclic amines) is 2. The molecule has 0 aromatic carbocycles. The number of piperidine rings is 2. The summed E-state index contributed by atoms with van der Waals surface area (Å²) < 4.78 is 0. The number of anilines is 1. The molecule has 6 heterocycles. The minimum atomic E-state index is -0.958. The van der Waals surface area contributed by atoms with Crippen LogP contribution < -0.4 is 10.6 Å². The minimum Gasteiger partial charge on any atom is -0.338 e. The van der Waals surface area contributed by atoms with Crippen LogP contribution in [0.25, 0.3) is 10.2 Å². The number of hydrogen-bond acceptors (Lipinski definition) is 7. The van der Waals surface area contributed by atoms with Crippen LogP contribution in [0.1, 0.15) is 73.5 Å². The van der Waals surface area contributed by atoms with Crippen molar-refractivity contribution in [2.45, 2.75) is 71.8 Å². The summed E-state index contributed by atoms with van der Waals surface area (Å²) in [6.45, 7) is 10.00. The van der Waals surface area contributed by atoms with Gasteiger partial charge in [-0.2, -0.15) is 0 Å². The Morgan fingerprint density at radius 3 is 2.36 bits per heavy atom. The molecule has 226 valence electrons. The summed E-state index contributed by atoms with van der Waals surface area (Å²) in [4.78, 5) is 63.3. The van der Waals surface area contributed by atoms with Crippen LogP contribution in [0.4, 0.5) is 9.80 Å². The van der Waals surface area contributed by atoms with Gasteiger partial charge in [0.1, 0.15) is 15.2 Å². The summed E-state index contributed by atoms with van der Waals surface area (Å²) in [5.41, 5.74) is 1.43. The molecule has 0 saturated carbocycles. The Balaban J connectivity index is 1.17. The number of nitrogens with one attached hydrogen (secondary N) is 2. The lowest BCUT2D eigenvalue weighted by molar-refractivity contribution is -0.145. The molecule has 0 atom stereocenters. The van der Waals surface area contributed by atoms with Gasteiger partial charge in [0.2, 0.25) is 0 Å². The zero-order chi connectivity index (χ0) is 29.6. The Morgan fingerprint density at radius 2 is 1.69 bits per heavy atom. The van der Waals surface area contributed by atoms with E-state index in [0.29, 0.717) is 56.3 Å². The molecule has 2 aromatic rings. The van der Waals surface area contributed by atoms with E-state index in [0.717, 1.165) is 66.5 Å². The molecule has 1 spiro atoms. The number of nitrogens with zero attached hydrogens (tertiary/aromatic N) is 5. The van der Waals surface area contributed by atoms with Gasteiger partial charge in [0.25, 0.3) is 17.7 Å². The van der Waals surface area contributed by atoms with E-state index >= 15 is 0 Å². The number of pyridine rings is 1. The topological polar surface area (TPSA) is 118 Å². The molecule has 4 aliphatic rings. The van der Waals surface area contributed by atoms with Crippen LogP contribution in [0, 0.1) is 19.3 Å². The average Bonchev–Trinajstić information content (AvgIpc) is 3.25. The van der Waals surface area contributed by atoms with Gasteiger partial charge in [-0.05, 0) is 83.9 Å². The highest BCUT2D eigenvalue weighted by molar-refractivity contribution is 7.23. The Bertz CT molecular complexity index is 1390. The lowest BCUT2D eigenvalue weighted by Gasteiger charge is -2.44. The van der Waals surface area contributed by atoms with E-state index in [1.165, 1.54) is 11.3 Å². The SMILES string of the molecule is CCNC(=O)Nc1sc2nc(C)c(C)cc2c1C(=O)N1CCC(N2CCCC3(C2)C(=O)N2CCCCCN2C3=O)CC1. The van der Waals surface area contributed by atoms with Crippen molar-refractivity contribution in [3.63, 3.8) is 0 Å². The minimum absolute atomic E-state index is 0.0117. The van der Waals surface area contributed by atoms with Gasteiger partial charge in [-0.1, -0.05) is 11.3 Å². The van der Waals surface area contributed by atoms with E-state index in [4.69, 9.17) is 4.98 Å². The van der Waals surface area contributed by atoms with Crippen LogP contribution in [0.15, 0.2) is 6.07 Å². The number of aromatic nitrogens is 1. The maximum absolute atomic E-state index is 14.0. The molecule has 5 amide bonds. The van der Waals surface area contributed by atoms with Gasteiger partial charge >= 0.3 is 6.03 Å². The van der Waals surface area contributed by atoms with Crippen LogP contribution in [0.5, 0.6) is 0 Å². The third-order valence-corrected chi connectivity index (χ3v) is 10.5. The summed E-state index contributed by atoms with van der Waals surface area (Å²) in [6, 6.07) is 1.86. The first kappa shape index (κ1) is 28.9. The van der Waals surface area contributed by atoms with Gasteiger partial charge in [-0.3, -0.25) is 34.6 Å². The second-order valence-corrected chi connectivity index (χ2v) is 13.1. The van der Waals surface area contributed by atoms with Crippen molar-refractivity contribution in [3.8, 4) is 0 Å². The maximum Gasteiger partial charge on any atom is 0.319 e. The van der Waals surface area contributed by atoms with E-state index in [2.05, 4.69) is 15.5 Å². The molecule has 4 saturated heterocycles. The Morgan fingerprint density at radius 1 is 1.00 bits per heavy atom. The van der Waals surface area contributed by atoms with Crippen molar-refractivity contribution in [2.24, 2.45) is 5.41 Å². The average molecular weight is 596 g/mol. The molecule has 12 heteroatoms. The predicted molar refractivity (Wildman–Crippen MR) is 161 cm³/mol. The molecular formula is C30H41N7O4S. The number of carbonyl (C=O) groups is 4. The standard InChI is InChI=1S/C30H41N7O4S/c1-4-31-29(41)33-25-23(22-17-19(2)20(3)32-24(22)42-25)26(38)34-15-9-21(10-16-34)35-12-8-11-30(18-35)27(39)36-13-6-5-7-14-37(36)28(30)40/h17,21H,4-16,18H2,1-3H3,(H2,31,33,41). The molecule has 42 heavy (non-hydrogen) atoms. The highest BCUT2D eigenvalue weighted by atomic mass is 32.1. The number of carbonyl (C=O) groups excluding carboxylic acids is 4. The van der Waals surface area contributed by atoms with Crippen LogP contribution in [-0.4, -0.2) is 100 Å². The fourth-order valence-corrected chi connectivity index (χ4v) is 8.20. The molecule has 2 aromatic heterocycles. The number of rotatable bonds is 4. The Hall–Kier alpha value is -3.25. The molecule has 4 fully saturated rings. The van der Waals surface area contributed by atoms with Crippen LogP contribution in [0.3, 0.4) is 0 Å². The quantitative estimate of drug-likeness (QED) is 0.523. The third kappa shape index (κ3) is 4.92. The number of amides is 5. The summed E-state index contributed by atoms with van der Waals surface area (Å²) in [7, 11) is 0. The van der Waals surface area contributed by atoms with Crippen LogP contribution >= 0.6 is 11.3 Å². The lowest BCUT2D eigenvalue weighted by atomic mass is 9.78. The number of aryl methyl sites for hydroxylation is 2.